The predicted octanol–water partition coefficient (Wildman–Crippen LogP) is 2.64. The predicted molar refractivity (Wildman–Crippen MR) is 96.2 cm³/mol. The summed E-state index contributed by atoms with van der Waals surface area (Å²) >= 11 is 6.08. The van der Waals surface area contributed by atoms with Crippen LogP contribution in [0.2, 0.25) is 5.02 Å². The van der Waals surface area contributed by atoms with Crippen molar-refractivity contribution in [2.24, 2.45) is 35.5 Å². The van der Waals surface area contributed by atoms with Gasteiger partial charge in [0.05, 0.1) is 11.8 Å². The van der Waals surface area contributed by atoms with Gasteiger partial charge in [0.25, 0.3) is 0 Å². The molecule has 6 rings (SSSR count). The molecule has 1 N–H and O–H groups in total. The van der Waals surface area contributed by atoms with Crippen molar-refractivity contribution < 1.29 is 14.4 Å². The molecule has 3 amide bonds. The summed E-state index contributed by atoms with van der Waals surface area (Å²) in [7, 11) is 0. The molecule has 2 bridgehead atoms. The van der Waals surface area contributed by atoms with Crippen LogP contribution in [0.25, 0.3) is 0 Å². The van der Waals surface area contributed by atoms with Crippen molar-refractivity contribution in [2.75, 3.05) is 11.9 Å². The largest absolute Gasteiger partial charge is 0.324 e. The van der Waals surface area contributed by atoms with E-state index in [1.54, 1.807) is 12.1 Å². The van der Waals surface area contributed by atoms with Gasteiger partial charge >= 0.3 is 0 Å². The molecule has 0 unspecified atom stereocenters. The minimum absolute atomic E-state index is 0.176. The van der Waals surface area contributed by atoms with Gasteiger partial charge in [0.1, 0.15) is 6.54 Å². The normalized spacial score (nSPS) is 36.2. The van der Waals surface area contributed by atoms with Crippen LogP contribution in [0.3, 0.4) is 0 Å². The van der Waals surface area contributed by atoms with Crippen LogP contribution in [0.4, 0.5) is 5.69 Å². The lowest BCUT2D eigenvalue weighted by Gasteiger charge is -2.37. The van der Waals surface area contributed by atoms with Crippen molar-refractivity contribution in [3.8, 4) is 0 Å². The van der Waals surface area contributed by atoms with Crippen LogP contribution in [0.15, 0.2) is 30.4 Å². The third kappa shape index (κ3) is 2.19. The van der Waals surface area contributed by atoms with Crippen LogP contribution in [0.1, 0.15) is 12.0 Å². The summed E-state index contributed by atoms with van der Waals surface area (Å²) < 4.78 is 0. The third-order valence-electron chi connectivity index (χ3n) is 6.51. The van der Waals surface area contributed by atoms with Crippen molar-refractivity contribution in [3.63, 3.8) is 0 Å². The number of likely N-dealkylation sites (tertiary alicyclic amines) is 1. The fourth-order valence-corrected chi connectivity index (χ4v) is 5.37. The summed E-state index contributed by atoms with van der Waals surface area (Å²) in [6.07, 6.45) is 5.39. The standard InChI is InChI=1S/C20H19ClN2O3/c1-9-2-3-10(6-15(9)21)22-16(24)8-23-19(25)17-11-4-5-12(14-7-13(11)14)18(17)20(23)26/h2-6,11-14,17-18H,7-8H2,1H3,(H,22,24)/t11-,12+,13-,14-,17+,18-/m1/s1. The van der Waals surface area contributed by atoms with Gasteiger partial charge in [0.2, 0.25) is 17.7 Å². The molecule has 134 valence electrons. The first-order chi connectivity index (χ1) is 12.5. The van der Waals surface area contributed by atoms with Crippen LogP contribution >= 0.6 is 11.6 Å². The lowest BCUT2D eigenvalue weighted by atomic mass is 9.63. The molecular formula is C20H19ClN2O3. The van der Waals surface area contributed by atoms with Crippen molar-refractivity contribution in [1.29, 1.82) is 0 Å². The van der Waals surface area contributed by atoms with Gasteiger partial charge in [-0.25, -0.2) is 0 Å². The molecule has 6 atom stereocenters. The van der Waals surface area contributed by atoms with Gasteiger partial charge in [-0.2, -0.15) is 0 Å². The second-order valence-corrected chi connectivity index (χ2v) is 8.34. The SMILES string of the molecule is Cc1ccc(NC(=O)CN2C(=O)[C@@H]3[C@H]4C=C[C@H]([C@H]5C[C@H]45)[C@@H]3C2=O)cc1Cl. The number of anilines is 1. The summed E-state index contributed by atoms with van der Waals surface area (Å²) in [4.78, 5) is 39.3. The van der Waals surface area contributed by atoms with Crippen molar-refractivity contribution in [3.05, 3.63) is 40.9 Å². The quantitative estimate of drug-likeness (QED) is 0.657. The van der Waals surface area contributed by atoms with Crippen molar-refractivity contribution in [2.45, 2.75) is 13.3 Å². The van der Waals surface area contributed by atoms with Crippen LogP contribution in [0.5, 0.6) is 0 Å². The minimum atomic E-state index is -0.379. The van der Waals surface area contributed by atoms with Gasteiger partial charge in [0, 0.05) is 10.7 Å². The number of hydrogen-bond donors (Lipinski definition) is 1. The molecule has 5 nitrogen and oxygen atoms in total. The summed E-state index contributed by atoms with van der Waals surface area (Å²) in [5, 5.41) is 3.29. The first-order valence-electron chi connectivity index (χ1n) is 9.05. The number of aryl methyl sites for hydroxylation is 1. The molecule has 1 saturated heterocycles. The molecule has 3 fully saturated rings. The van der Waals surface area contributed by atoms with Crippen LogP contribution in [0, 0.1) is 42.4 Å². The number of nitrogens with one attached hydrogen (secondary N) is 1. The molecule has 26 heavy (non-hydrogen) atoms. The van der Waals surface area contributed by atoms with Gasteiger partial charge in [-0.3, -0.25) is 19.3 Å². The van der Waals surface area contributed by atoms with Gasteiger partial charge < -0.3 is 5.32 Å². The van der Waals surface area contributed by atoms with E-state index in [0.29, 0.717) is 22.5 Å². The van der Waals surface area contributed by atoms with Gasteiger partial charge in [-0.15, -0.1) is 0 Å². The number of nitrogens with zero attached hydrogens (tertiary/aromatic N) is 1. The fraction of sp³-hybridized carbons (Fsp3) is 0.450. The molecule has 2 saturated carbocycles. The maximum atomic E-state index is 12.9. The summed E-state index contributed by atoms with van der Waals surface area (Å²) in [6, 6.07) is 5.23. The zero-order chi connectivity index (χ0) is 18.2. The van der Waals surface area contributed by atoms with Crippen LogP contribution < -0.4 is 5.32 Å². The van der Waals surface area contributed by atoms with Crippen LogP contribution in [-0.2, 0) is 14.4 Å². The van der Waals surface area contributed by atoms with E-state index in [4.69, 9.17) is 11.6 Å². The first-order valence-corrected chi connectivity index (χ1v) is 9.43. The molecule has 4 aliphatic carbocycles. The lowest BCUT2D eigenvalue weighted by molar-refractivity contribution is -0.142. The van der Waals surface area contributed by atoms with Crippen LogP contribution in [-0.4, -0.2) is 29.2 Å². The average molecular weight is 371 g/mol. The Balaban J connectivity index is 1.32. The maximum Gasteiger partial charge on any atom is 0.244 e. The van der Waals surface area contributed by atoms with Gasteiger partial charge in [0.15, 0.2) is 0 Å². The number of benzene rings is 1. The highest BCUT2D eigenvalue weighted by molar-refractivity contribution is 6.31. The highest BCUT2D eigenvalue weighted by atomic mass is 35.5. The lowest BCUT2D eigenvalue weighted by Crippen LogP contribution is -2.40. The number of carbonyl (C=O) groups excluding carboxylic acids is 3. The molecule has 0 spiro atoms. The van der Waals surface area contributed by atoms with E-state index in [0.717, 1.165) is 16.9 Å². The van der Waals surface area contributed by atoms with E-state index in [2.05, 4.69) is 17.5 Å². The number of halogens is 1. The van der Waals surface area contributed by atoms with E-state index < -0.39 is 0 Å². The topological polar surface area (TPSA) is 66.5 Å². The van der Waals surface area contributed by atoms with E-state index in [9.17, 15) is 14.4 Å². The van der Waals surface area contributed by atoms with E-state index in [1.807, 2.05) is 13.0 Å². The Morgan fingerprint density at radius 1 is 1.15 bits per heavy atom. The zero-order valence-corrected chi connectivity index (χ0v) is 15.1. The molecular weight excluding hydrogens is 352 g/mol. The zero-order valence-electron chi connectivity index (χ0n) is 14.3. The Hall–Kier alpha value is -2.14. The van der Waals surface area contributed by atoms with Crippen molar-refractivity contribution in [1.82, 2.24) is 4.90 Å². The third-order valence-corrected chi connectivity index (χ3v) is 6.92. The summed E-state index contributed by atoms with van der Waals surface area (Å²) in [5.41, 5.74) is 1.48. The molecule has 6 heteroatoms. The number of imide groups is 1. The van der Waals surface area contributed by atoms with Crippen molar-refractivity contribution >= 4 is 35.0 Å². The number of allylic oxidation sites excluding steroid dienone is 2. The Bertz CT molecular complexity index is 844. The Morgan fingerprint density at radius 3 is 2.35 bits per heavy atom. The number of rotatable bonds is 3. The summed E-state index contributed by atoms with van der Waals surface area (Å²) in [5.74, 6) is 0.217. The molecule has 1 aromatic rings. The second kappa shape index (κ2) is 5.43. The van der Waals surface area contributed by atoms with Gasteiger partial charge in [-0.1, -0.05) is 29.8 Å². The second-order valence-electron chi connectivity index (χ2n) is 7.93. The smallest absolute Gasteiger partial charge is 0.244 e. The molecule has 5 aliphatic rings. The number of hydrogen-bond acceptors (Lipinski definition) is 3. The van der Waals surface area contributed by atoms with E-state index >= 15 is 0 Å². The highest BCUT2D eigenvalue weighted by Gasteiger charge is 2.67. The highest BCUT2D eigenvalue weighted by Crippen LogP contribution is 2.65. The van der Waals surface area contributed by atoms with E-state index in [1.165, 1.54) is 0 Å². The van der Waals surface area contributed by atoms with Gasteiger partial charge in [-0.05, 0) is 54.7 Å². The number of amides is 3. The maximum absolute atomic E-state index is 12.9. The fourth-order valence-electron chi connectivity index (χ4n) is 5.19. The average Bonchev–Trinajstić information content (AvgIpc) is 3.39. The Labute approximate surface area is 156 Å². The number of carbonyl (C=O) groups is 3. The monoisotopic (exact) mass is 370 g/mol. The molecule has 1 aromatic carbocycles. The molecule has 0 aromatic heterocycles. The van der Waals surface area contributed by atoms with E-state index in [-0.39, 0.29) is 47.9 Å². The Kier molecular flexibility index (Phi) is 3.35. The minimum Gasteiger partial charge on any atom is -0.324 e. The molecule has 1 heterocycles. The molecule has 1 aliphatic heterocycles. The Morgan fingerprint density at radius 2 is 1.77 bits per heavy atom. The molecule has 0 radical (unpaired) electrons. The summed E-state index contributed by atoms with van der Waals surface area (Å²) in [6.45, 7) is 1.65. The first kappa shape index (κ1) is 16.1.